The van der Waals surface area contributed by atoms with E-state index in [4.69, 9.17) is 5.73 Å². The standard InChI is InChI=1S/C14H23N3/c1-11-6-4-3-5-9-17(11)14-10-13(12(2)15)7-8-16-14/h7-8,10-12H,3-6,9,15H2,1-2H3/t11?,12-/m0/s1. The van der Waals surface area contributed by atoms with Gasteiger partial charge in [-0.1, -0.05) is 12.8 Å². The fourth-order valence-electron chi connectivity index (χ4n) is 2.49. The van der Waals surface area contributed by atoms with E-state index in [9.17, 15) is 0 Å². The van der Waals surface area contributed by atoms with Crippen molar-refractivity contribution in [3.63, 3.8) is 0 Å². The SMILES string of the molecule is CC1CCCCCN1c1cc([C@H](C)N)ccn1. The molecule has 1 fully saturated rings. The average Bonchev–Trinajstić information content (AvgIpc) is 2.54. The molecule has 2 heterocycles. The van der Waals surface area contributed by atoms with Crippen molar-refractivity contribution in [2.24, 2.45) is 5.73 Å². The van der Waals surface area contributed by atoms with E-state index in [2.05, 4.69) is 22.9 Å². The van der Waals surface area contributed by atoms with E-state index >= 15 is 0 Å². The van der Waals surface area contributed by atoms with Crippen LogP contribution in [0.4, 0.5) is 5.82 Å². The molecule has 1 aliphatic rings. The molecule has 94 valence electrons. The normalized spacial score (nSPS) is 23.2. The monoisotopic (exact) mass is 233 g/mol. The van der Waals surface area contributed by atoms with Crippen LogP contribution in [-0.2, 0) is 0 Å². The van der Waals surface area contributed by atoms with Gasteiger partial charge in [-0.15, -0.1) is 0 Å². The molecule has 1 aromatic rings. The van der Waals surface area contributed by atoms with Gasteiger partial charge in [0, 0.05) is 24.8 Å². The summed E-state index contributed by atoms with van der Waals surface area (Å²) in [5, 5.41) is 0. The van der Waals surface area contributed by atoms with Gasteiger partial charge < -0.3 is 10.6 Å². The summed E-state index contributed by atoms with van der Waals surface area (Å²) in [4.78, 5) is 6.94. The lowest BCUT2D eigenvalue weighted by molar-refractivity contribution is 0.610. The van der Waals surface area contributed by atoms with Crippen molar-refractivity contribution >= 4 is 5.82 Å². The maximum absolute atomic E-state index is 5.93. The van der Waals surface area contributed by atoms with Gasteiger partial charge in [0.15, 0.2) is 0 Å². The lowest BCUT2D eigenvalue weighted by atomic mass is 10.1. The quantitative estimate of drug-likeness (QED) is 0.854. The van der Waals surface area contributed by atoms with E-state index < -0.39 is 0 Å². The first-order valence-electron chi connectivity index (χ1n) is 6.66. The molecule has 3 nitrogen and oxygen atoms in total. The number of hydrogen-bond donors (Lipinski definition) is 1. The lowest BCUT2D eigenvalue weighted by Gasteiger charge is -2.28. The van der Waals surface area contributed by atoms with Crippen LogP contribution in [0.15, 0.2) is 18.3 Å². The van der Waals surface area contributed by atoms with E-state index in [0.717, 1.165) is 12.4 Å². The Morgan fingerprint density at radius 1 is 1.41 bits per heavy atom. The molecule has 3 heteroatoms. The fraction of sp³-hybridized carbons (Fsp3) is 0.643. The molecule has 1 aromatic heterocycles. The summed E-state index contributed by atoms with van der Waals surface area (Å²) in [6, 6.07) is 4.83. The largest absolute Gasteiger partial charge is 0.354 e. The van der Waals surface area contributed by atoms with Crippen molar-refractivity contribution < 1.29 is 0 Å². The van der Waals surface area contributed by atoms with Gasteiger partial charge in [-0.05, 0) is 44.4 Å². The van der Waals surface area contributed by atoms with Crippen molar-refractivity contribution in [2.45, 2.75) is 51.6 Å². The molecule has 1 unspecified atom stereocenters. The second-order valence-corrected chi connectivity index (χ2v) is 5.13. The van der Waals surface area contributed by atoms with E-state index in [-0.39, 0.29) is 6.04 Å². The summed E-state index contributed by atoms with van der Waals surface area (Å²) in [6.07, 6.45) is 7.10. The van der Waals surface area contributed by atoms with Crippen molar-refractivity contribution in [1.82, 2.24) is 4.98 Å². The van der Waals surface area contributed by atoms with Gasteiger partial charge in [-0.25, -0.2) is 4.98 Å². The second kappa shape index (κ2) is 5.50. The Balaban J connectivity index is 2.22. The molecule has 0 spiro atoms. The molecule has 17 heavy (non-hydrogen) atoms. The predicted octanol–water partition coefficient (Wildman–Crippen LogP) is 2.87. The molecule has 0 aliphatic carbocycles. The summed E-state index contributed by atoms with van der Waals surface area (Å²) < 4.78 is 0. The second-order valence-electron chi connectivity index (χ2n) is 5.13. The van der Waals surface area contributed by atoms with Gasteiger partial charge in [-0.2, -0.15) is 0 Å². The number of hydrogen-bond acceptors (Lipinski definition) is 3. The maximum atomic E-state index is 5.93. The minimum Gasteiger partial charge on any atom is -0.354 e. The first kappa shape index (κ1) is 12.4. The molecule has 2 atom stereocenters. The molecule has 2 rings (SSSR count). The number of rotatable bonds is 2. The number of pyridine rings is 1. The topological polar surface area (TPSA) is 42.1 Å². The first-order valence-corrected chi connectivity index (χ1v) is 6.66. The molecule has 2 N–H and O–H groups in total. The van der Waals surface area contributed by atoms with Crippen LogP contribution in [0, 0.1) is 0 Å². The molecule has 1 saturated heterocycles. The number of anilines is 1. The third kappa shape index (κ3) is 2.97. The zero-order valence-electron chi connectivity index (χ0n) is 10.9. The molecule has 1 aliphatic heterocycles. The van der Waals surface area contributed by atoms with Crippen LogP contribution in [-0.4, -0.2) is 17.6 Å². The van der Waals surface area contributed by atoms with Gasteiger partial charge >= 0.3 is 0 Å². The van der Waals surface area contributed by atoms with Crippen LogP contribution >= 0.6 is 0 Å². The Kier molecular flexibility index (Phi) is 4.00. The predicted molar refractivity (Wildman–Crippen MR) is 72.1 cm³/mol. The number of nitrogens with zero attached hydrogens (tertiary/aromatic N) is 2. The van der Waals surface area contributed by atoms with E-state index in [1.807, 2.05) is 19.2 Å². The van der Waals surface area contributed by atoms with Crippen LogP contribution in [0.5, 0.6) is 0 Å². The third-order valence-electron chi connectivity index (χ3n) is 3.64. The smallest absolute Gasteiger partial charge is 0.129 e. The summed E-state index contributed by atoms with van der Waals surface area (Å²) >= 11 is 0. The van der Waals surface area contributed by atoms with Gasteiger partial charge in [-0.3, -0.25) is 0 Å². The van der Waals surface area contributed by atoms with Gasteiger partial charge in [0.05, 0.1) is 0 Å². The Morgan fingerprint density at radius 3 is 3.00 bits per heavy atom. The van der Waals surface area contributed by atoms with E-state index in [1.165, 1.54) is 31.2 Å². The Morgan fingerprint density at radius 2 is 2.24 bits per heavy atom. The molecular weight excluding hydrogens is 210 g/mol. The van der Waals surface area contributed by atoms with E-state index in [0.29, 0.717) is 6.04 Å². The van der Waals surface area contributed by atoms with Crippen molar-refractivity contribution in [2.75, 3.05) is 11.4 Å². The Bertz CT molecular complexity index is 362. The minimum absolute atomic E-state index is 0.0824. The number of aromatic nitrogens is 1. The summed E-state index contributed by atoms with van der Waals surface area (Å²) in [5.74, 6) is 1.09. The lowest BCUT2D eigenvalue weighted by Crippen LogP contribution is -2.33. The van der Waals surface area contributed by atoms with Crippen LogP contribution < -0.4 is 10.6 Å². The third-order valence-corrected chi connectivity index (χ3v) is 3.64. The molecule has 0 amide bonds. The van der Waals surface area contributed by atoms with Gasteiger partial charge in [0.1, 0.15) is 5.82 Å². The van der Waals surface area contributed by atoms with E-state index in [1.54, 1.807) is 0 Å². The minimum atomic E-state index is 0.0824. The van der Waals surface area contributed by atoms with Crippen LogP contribution in [0.2, 0.25) is 0 Å². The first-order chi connectivity index (χ1) is 8.18. The van der Waals surface area contributed by atoms with Crippen molar-refractivity contribution in [3.8, 4) is 0 Å². The molecule has 0 aromatic carbocycles. The highest BCUT2D eigenvalue weighted by Crippen LogP contribution is 2.24. The highest BCUT2D eigenvalue weighted by Gasteiger charge is 2.18. The molecule has 0 radical (unpaired) electrons. The molecule has 0 bridgehead atoms. The zero-order valence-corrected chi connectivity index (χ0v) is 10.9. The van der Waals surface area contributed by atoms with Crippen molar-refractivity contribution in [1.29, 1.82) is 0 Å². The highest BCUT2D eigenvalue weighted by molar-refractivity contribution is 5.42. The van der Waals surface area contributed by atoms with Crippen molar-refractivity contribution in [3.05, 3.63) is 23.9 Å². The molecular formula is C14H23N3. The van der Waals surface area contributed by atoms with Gasteiger partial charge in [0.25, 0.3) is 0 Å². The zero-order chi connectivity index (χ0) is 12.3. The highest BCUT2D eigenvalue weighted by atomic mass is 15.2. The summed E-state index contributed by atoms with van der Waals surface area (Å²) in [6.45, 7) is 5.44. The van der Waals surface area contributed by atoms with Crippen LogP contribution in [0.1, 0.15) is 51.1 Å². The van der Waals surface area contributed by atoms with Crippen LogP contribution in [0.25, 0.3) is 0 Å². The fourth-order valence-corrected chi connectivity index (χ4v) is 2.49. The average molecular weight is 233 g/mol. The summed E-state index contributed by atoms with van der Waals surface area (Å²) in [7, 11) is 0. The van der Waals surface area contributed by atoms with Gasteiger partial charge in [0.2, 0.25) is 0 Å². The number of nitrogens with two attached hydrogens (primary N) is 1. The maximum Gasteiger partial charge on any atom is 0.129 e. The van der Waals surface area contributed by atoms with Crippen LogP contribution in [0.3, 0.4) is 0 Å². The Labute approximate surface area is 104 Å². The summed E-state index contributed by atoms with van der Waals surface area (Å²) in [5.41, 5.74) is 7.10. The molecule has 0 saturated carbocycles. The Hall–Kier alpha value is -1.09.